The quantitative estimate of drug-likeness (QED) is 0.735. The second-order valence-corrected chi connectivity index (χ2v) is 6.88. The fourth-order valence-electron chi connectivity index (χ4n) is 2.36. The van der Waals surface area contributed by atoms with Crippen LogP contribution in [0.2, 0.25) is 0 Å². The molecule has 2 N–H and O–H groups in total. The van der Waals surface area contributed by atoms with Crippen molar-refractivity contribution >= 4 is 23.2 Å². The number of carbonyl (C=O) groups excluding carboxylic acids is 1. The number of aliphatic carboxylic acids is 1. The Morgan fingerprint density at radius 3 is 2.62 bits per heavy atom. The largest absolute Gasteiger partial charge is 0.481 e. The van der Waals surface area contributed by atoms with Crippen molar-refractivity contribution in [1.29, 1.82) is 0 Å². The lowest BCUT2D eigenvalue weighted by Crippen LogP contribution is -2.32. The minimum absolute atomic E-state index is 0.0537. The molecule has 0 aromatic carbocycles. The molecule has 1 aromatic rings. The van der Waals surface area contributed by atoms with Gasteiger partial charge in [0.25, 0.3) is 0 Å². The van der Waals surface area contributed by atoms with Gasteiger partial charge < -0.3 is 10.4 Å². The second kappa shape index (κ2) is 8.82. The summed E-state index contributed by atoms with van der Waals surface area (Å²) in [6.07, 6.45) is 3.56. The fraction of sp³-hybridized carbons (Fsp3) is 0.625. The summed E-state index contributed by atoms with van der Waals surface area (Å²) >= 11 is 1.79. The molecule has 5 heteroatoms. The van der Waals surface area contributed by atoms with Gasteiger partial charge in [0.15, 0.2) is 0 Å². The molecule has 0 bridgehead atoms. The van der Waals surface area contributed by atoms with Crippen LogP contribution in [-0.2, 0) is 16.0 Å². The first kappa shape index (κ1) is 17.7. The van der Waals surface area contributed by atoms with Crippen LogP contribution in [0.25, 0.3) is 0 Å². The third-order valence-electron chi connectivity index (χ3n) is 3.53. The number of hydrogen-bond acceptors (Lipinski definition) is 3. The minimum Gasteiger partial charge on any atom is -0.481 e. The number of thiophene rings is 1. The molecule has 4 nitrogen and oxygen atoms in total. The highest BCUT2D eigenvalue weighted by Gasteiger charge is 2.17. The normalized spacial score (nSPS) is 12.1. The zero-order chi connectivity index (χ0) is 15.8. The summed E-state index contributed by atoms with van der Waals surface area (Å²) in [5.74, 6) is -1.36. The number of hydrogen-bond donors (Lipinski definition) is 2. The van der Waals surface area contributed by atoms with Crippen LogP contribution in [0.5, 0.6) is 0 Å². The van der Waals surface area contributed by atoms with E-state index in [1.807, 2.05) is 6.92 Å². The van der Waals surface area contributed by atoms with Crippen LogP contribution in [0.1, 0.15) is 47.9 Å². The summed E-state index contributed by atoms with van der Waals surface area (Å²) < 4.78 is 0. The minimum atomic E-state index is -0.832. The number of amides is 1. The van der Waals surface area contributed by atoms with Gasteiger partial charge in [-0.3, -0.25) is 9.59 Å². The van der Waals surface area contributed by atoms with Crippen molar-refractivity contribution in [1.82, 2.24) is 5.32 Å². The van der Waals surface area contributed by atoms with Crippen LogP contribution < -0.4 is 5.32 Å². The molecule has 21 heavy (non-hydrogen) atoms. The lowest BCUT2D eigenvalue weighted by atomic mass is 10.0. The molecule has 1 aromatic heterocycles. The van der Waals surface area contributed by atoms with Crippen molar-refractivity contribution in [2.24, 2.45) is 5.92 Å². The van der Waals surface area contributed by atoms with Gasteiger partial charge in [0.05, 0.1) is 5.92 Å². The first-order chi connectivity index (χ1) is 9.93. The van der Waals surface area contributed by atoms with Crippen LogP contribution >= 0.6 is 11.3 Å². The van der Waals surface area contributed by atoms with Crippen molar-refractivity contribution in [3.8, 4) is 0 Å². The third-order valence-corrected chi connectivity index (χ3v) is 4.53. The highest BCUT2D eigenvalue weighted by molar-refractivity contribution is 7.12. The Kier molecular flexibility index (Phi) is 7.43. The summed E-state index contributed by atoms with van der Waals surface area (Å²) in [7, 11) is 0. The van der Waals surface area contributed by atoms with Crippen LogP contribution in [0.3, 0.4) is 0 Å². The summed E-state index contributed by atoms with van der Waals surface area (Å²) in [6, 6.07) is 2.18. The van der Waals surface area contributed by atoms with Gasteiger partial charge in [-0.2, -0.15) is 0 Å². The van der Waals surface area contributed by atoms with Gasteiger partial charge in [0.1, 0.15) is 0 Å². The first-order valence-electron chi connectivity index (χ1n) is 7.49. The Hall–Kier alpha value is -1.36. The van der Waals surface area contributed by atoms with Gasteiger partial charge >= 0.3 is 5.97 Å². The maximum Gasteiger partial charge on any atom is 0.308 e. The Balaban J connectivity index is 2.28. The van der Waals surface area contributed by atoms with Gasteiger partial charge in [-0.1, -0.05) is 13.3 Å². The summed E-state index contributed by atoms with van der Waals surface area (Å²) in [6.45, 7) is 6.38. The van der Waals surface area contributed by atoms with E-state index in [4.69, 9.17) is 5.11 Å². The number of carbonyl (C=O) groups is 2. The Bertz CT molecular complexity index is 482. The van der Waals surface area contributed by atoms with E-state index in [2.05, 4.69) is 25.2 Å². The maximum atomic E-state index is 11.8. The van der Waals surface area contributed by atoms with Crippen LogP contribution in [0, 0.1) is 19.8 Å². The van der Waals surface area contributed by atoms with E-state index in [0.717, 1.165) is 19.3 Å². The van der Waals surface area contributed by atoms with E-state index in [-0.39, 0.29) is 12.5 Å². The summed E-state index contributed by atoms with van der Waals surface area (Å²) in [4.78, 5) is 25.4. The van der Waals surface area contributed by atoms with Gasteiger partial charge in [-0.15, -0.1) is 11.3 Å². The smallest absolute Gasteiger partial charge is 0.308 e. The molecule has 1 rings (SSSR count). The zero-order valence-corrected chi connectivity index (χ0v) is 13.9. The van der Waals surface area contributed by atoms with E-state index >= 15 is 0 Å². The van der Waals surface area contributed by atoms with Crippen LogP contribution in [0.15, 0.2) is 6.07 Å². The molecule has 1 heterocycles. The SMILES string of the molecule is CCCC(CNC(=O)CCCc1cc(C)sc1C)C(=O)O. The highest BCUT2D eigenvalue weighted by atomic mass is 32.1. The number of carboxylic acids is 1. The molecule has 1 unspecified atom stereocenters. The topological polar surface area (TPSA) is 66.4 Å². The maximum absolute atomic E-state index is 11.8. The standard InChI is InChI=1S/C16H25NO3S/c1-4-6-14(16(19)20)10-17-15(18)8-5-7-13-9-11(2)21-12(13)3/h9,14H,4-8,10H2,1-3H3,(H,17,18)(H,19,20). The molecule has 0 aliphatic rings. The lowest BCUT2D eigenvalue weighted by molar-refractivity contribution is -0.141. The Morgan fingerprint density at radius 1 is 1.38 bits per heavy atom. The van der Waals surface area contributed by atoms with Gasteiger partial charge in [0.2, 0.25) is 5.91 Å². The first-order valence-corrected chi connectivity index (χ1v) is 8.31. The van der Waals surface area contributed by atoms with E-state index in [1.54, 1.807) is 11.3 Å². The van der Waals surface area contributed by atoms with Crippen molar-refractivity contribution in [2.75, 3.05) is 6.54 Å². The van der Waals surface area contributed by atoms with Crippen LogP contribution in [0.4, 0.5) is 0 Å². The highest BCUT2D eigenvalue weighted by Crippen LogP contribution is 2.22. The van der Waals surface area contributed by atoms with Crippen molar-refractivity contribution in [3.05, 3.63) is 21.4 Å². The van der Waals surface area contributed by atoms with Crippen LogP contribution in [-0.4, -0.2) is 23.5 Å². The summed E-state index contributed by atoms with van der Waals surface area (Å²) in [5.41, 5.74) is 1.32. The molecule has 0 aliphatic heterocycles. The predicted octanol–water partition coefficient (Wildman–Crippen LogP) is 3.30. The molecular formula is C16H25NO3S. The van der Waals surface area contributed by atoms with Crippen molar-refractivity contribution < 1.29 is 14.7 Å². The number of rotatable bonds is 9. The molecule has 0 saturated carbocycles. The lowest BCUT2D eigenvalue weighted by Gasteiger charge is -2.12. The second-order valence-electron chi connectivity index (χ2n) is 5.42. The molecule has 1 amide bonds. The zero-order valence-electron chi connectivity index (χ0n) is 13.1. The average molecular weight is 311 g/mol. The molecule has 0 spiro atoms. The molecule has 1 atom stereocenters. The van der Waals surface area contributed by atoms with Gasteiger partial charge in [0, 0.05) is 22.7 Å². The Labute approximate surface area is 130 Å². The van der Waals surface area contributed by atoms with Crippen molar-refractivity contribution in [3.63, 3.8) is 0 Å². The van der Waals surface area contributed by atoms with Gasteiger partial charge in [-0.05, 0) is 44.7 Å². The summed E-state index contributed by atoms with van der Waals surface area (Å²) in [5, 5.41) is 11.8. The number of nitrogens with one attached hydrogen (secondary N) is 1. The van der Waals surface area contributed by atoms with E-state index in [0.29, 0.717) is 12.8 Å². The molecule has 0 radical (unpaired) electrons. The Morgan fingerprint density at radius 2 is 2.10 bits per heavy atom. The number of aryl methyl sites for hydroxylation is 3. The van der Waals surface area contributed by atoms with E-state index in [1.165, 1.54) is 15.3 Å². The molecule has 0 saturated heterocycles. The fourth-order valence-corrected chi connectivity index (χ4v) is 3.33. The van der Waals surface area contributed by atoms with E-state index in [9.17, 15) is 9.59 Å². The predicted molar refractivity (Wildman–Crippen MR) is 85.8 cm³/mol. The third kappa shape index (κ3) is 6.29. The number of carboxylic acid groups (broad SMARTS) is 1. The van der Waals surface area contributed by atoms with E-state index < -0.39 is 11.9 Å². The molecule has 118 valence electrons. The monoisotopic (exact) mass is 311 g/mol. The van der Waals surface area contributed by atoms with Crippen molar-refractivity contribution in [2.45, 2.75) is 52.9 Å². The molecular weight excluding hydrogens is 286 g/mol. The molecule has 0 fully saturated rings. The van der Waals surface area contributed by atoms with Gasteiger partial charge in [-0.25, -0.2) is 0 Å². The average Bonchev–Trinajstić information content (AvgIpc) is 2.72. The molecule has 0 aliphatic carbocycles.